The van der Waals surface area contributed by atoms with Crippen molar-refractivity contribution in [1.82, 2.24) is 0 Å². The molecule has 2 atom stereocenters. The lowest BCUT2D eigenvalue weighted by molar-refractivity contribution is -0.116. The van der Waals surface area contributed by atoms with Crippen molar-refractivity contribution in [3.63, 3.8) is 0 Å². The van der Waals surface area contributed by atoms with Gasteiger partial charge in [0, 0.05) is 11.6 Å². The molecule has 1 fully saturated rings. The first-order valence-electron chi connectivity index (χ1n) is 7.50. The molecular weight excluding hydrogens is 278 g/mol. The minimum atomic E-state index is -0.444. The summed E-state index contributed by atoms with van der Waals surface area (Å²) in [4.78, 5) is 14.1. The van der Waals surface area contributed by atoms with E-state index in [1.807, 2.05) is 48.5 Å². The number of hydrogen-bond donors (Lipinski definition) is 1. The van der Waals surface area contributed by atoms with Gasteiger partial charge in [-0.2, -0.15) is 0 Å². The minimum absolute atomic E-state index is 0.0237. The van der Waals surface area contributed by atoms with Crippen LogP contribution in [0.1, 0.15) is 17.0 Å². The van der Waals surface area contributed by atoms with E-state index in [9.17, 15) is 9.90 Å². The van der Waals surface area contributed by atoms with Crippen LogP contribution in [0.2, 0.25) is 0 Å². The third-order valence-corrected chi connectivity index (χ3v) is 4.45. The molecule has 2 heterocycles. The monoisotopic (exact) mass is 295 g/mol. The van der Waals surface area contributed by atoms with Crippen LogP contribution in [0, 0.1) is 0 Å². The number of amides is 1. The number of para-hydroxylation sites is 1. The van der Waals surface area contributed by atoms with Crippen molar-refractivity contribution < 1.29 is 14.6 Å². The molecule has 2 aliphatic rings. The van der Waals surface area contributed by atoms with Crippen molar-refractivity contribution in [2.75, 3.05) is 18.1 Å². The van der Waals surface area contributed by atoms with Crippen LogP contribution in [0.15, 0.2) is 48.5 Å². The van der Waals surface area contributed by atoms with Crippen molar-refractivity contribution in [2.45, 2.75) is 18.4 Å². The SMILES string of the molecule is O=C1Cc2ccccc2N1c1ccc([C@H]2COC[C@@H]2O)cc1. The molecule has 1 N–H and O–H groups in total. The Morgan fingerprint density at radius 2 is 1.82 bits per heavy atom. The quantitative estimate of drug-likeness (QED) is 0.925. The van der Waals surface area contributed by atoms with Gasteiger partial charge in [-0.1, -0.05) is 30.3 Å². The highest BCUT2D eigenvalue weighted by Gasteiger charge is 2.30. The van der Waals surface area contributed by atoms with Crippen LogP contribution in [0.25, 0.3) is 0 Å². The van der Waals surface area contributed by atoms with E-state index in [0.717, 1.165) is 22.5 Å². The molecule has 4 heteroatoms. The Morgan fingerprint density at radius 1 is 1.05 bits per heavy atom. The summed E-state index contributed by atoms with van der Waals surface area (Å²) in [5.74, 6) is 0.119. The van der Waals surface area contributed by atoms with Crippen LogP contribution in [-0.4, -0.2) is 30.3 Å². The van der Waals surface area contributed by atoms with Crippen LogP contribution >= 0.6 is 0 Å². The number of aliphatic hydroxyl groups excluding tert-OH is 1. The predicted octanol–water partition coefficient (Wildman–Crippen LogP) is 2.38. The summed E-state index contributed by atoms with van der Waals surface area (Å²) in [5, 5.41) is 9.91. The fourth-order valence-corrected chi connectivity index (χ4v) is 3.27. The van der Waals surface area contributed by atoms with E-state index in [1.165, 1.54) is 0 Å². The molecule has 2 aromatic carbocycles. The maximum absolute atomic E-state index is 12.3. The predicted molar refractivity (Wildman–Crippen MR) is 83.3 cm³/mol. The number of rotatable bonds is 2. The van der Waals surface area contributed by atoms with Gasteiger partial charge in [-0.15, -0.1) is 0 Å². The molecule has 4 rings (SSSR count). The highest BCUT2D eigenvalue weighted by atomic mass is 16.5. The lowest BCUT2D eigenvalue weighted by atomic mass is 9.96. The van der Waals surface area contributed by atoms with Crippen LogP contribution < -0.4 is 4.90 Å². The molecule has 1 saturated heterocycles. The lowest BCUT2D eigenvalue weighted by Gasteiger charge is -2.19. The molecule has 2 aliphatic heterocycles. The summed E-state index contributed by atoms with van der Waals surface area (Å²) in [6.07, 6.45) is 0.00704. The molecular formula is C18H17NO3. The maximum atomic E-state index is 12.3. The average molecular weight is 295 g/mol. The van der Waals surface area contributed by atoms with Crippen molar-refractivity contribution in [3.05, 3.63) is 59.7 Å². The van der Waals surface area contributed by atoms with E-state index < -0.39 is 6.10 Å². The molecule has 4 nitrogen and oxygen atoms in total. The topological polar surface area (TPSA) is 49.8 Å². The first-order chi connectivity index (χ1) is 10.7. The average Bonchev–Trinajstić information content (AvgIpc) is 3.10. The number of anilines is 2. The number of hydrogen-bond acceptors (Lipinski definition) is 3. The first kappa shape index (κ1) is 13.5. The van der Waals surface area contributed by atoms with Crippen molar-refractivity contribution >= 4 is 17.3 Å². The van der Waals surface area contributed by atoms with E-state index in [1.54, 1.807) is 4.90 Å². The van der Waals surface area contributed by atoms with Gasteiger partial charge < -0.3 is 9.84 Å². The number of carbonyl (C=O) groups excluding carboxylic acids is 1. The normalized spacial score (nSPS) is 23.9. The molecule has 0 bridgehead atoms. The van der Waals surface area contributed by atoms with E-state index in [-0.39, 0.29) is 11.8 Å². The van der Waals surface area contributed by atoms with E-state index in [0.29, 0.717) is 19.6 Å². The van der Waals surface area contributed by atoms with E-state index in [4.69, 9.17) is 4.74 Å². The van der Waals surface area contributed by atoms with Gasteiger partial charge in [0.2, 0.25) is 5.91 Å². The zero-order chi connectivity index (χ0) is 15.1. The van der Waals surface area contributed by atoms with Crippen molar-refractivity contribution in [1.29, 1.82) is 0 Å². The van der Waals surface area contributed by atoms with Gasteiger partial charge in [-0.3, -0.25) is 9.69 Å². The van der Waals surface area contributed by atoms with Crippen LogP contribution in [0.5, 0.6) is 0 Å². The third kappa shape index (κ3) is 2.12. The molecule has 22 heavy (non-hydrogen) atoms. The fraction of sp³-hybridized carbons (Fsp3) is 0.278. The Balaban J connectivity index is 1.65. The molecule has 0 saturated carbocycles. The minimum Gasteiger partial charge on any atom is -0.390 e. The van der Waals surface area contributed by atoms with Crippen molar-refractivity contribution in [3.8, 4) is 0 Å². The van der Waals surface area contributed by atoms with Crippen LogP contribution in [-0.2, 0) is 16.0 Å². The summed E-state index contributed by atoms with van der Waals surface area (Å²) >= 11 is 0. The van der Waals surface area contributed by atoms with Gasteiger partial charge in [-0.25, -0.2) is 0 Å². The number of benzene rings is 2. The number of carbonyl (C=O) groups is 1. The van der Waals surface area contributed by atoms with Gasteiger partial charge in [0.25, 0.3) is 0 Å². The molecule has 0 aromatic heterocycles. The zero-order valence-corrected chi connectivity index (χ0v) is 12.1. The summed E-state index contributed by atoms with van der Waals surface area (Å²) < 4.78 is 5.30. The van der Waals surface area contributed by atoms with Gasteiger partial charge in [0.1, 0.15) is 0 Å². The van der Waals surface area contributed by atoms with Gasteiger partial charge >= 0.3 is 0 Å². The lowest BCUT2D eigenvalue weighted by Crippen LogP contribution is -2.21. The standard InChI is InChI=1S/C18H17NO3/c20-17-11-22-10-15(17)12-5-7-14(8-6-12)19-16-4-2-1-3-13(16)9-18(19)21/h1-8,15,17,20H,9-11H2/t15-,17+/m1/s1. The van der Waals surface area contributed by atoms with Crippen LogP contribution in [0.3, 0.4) is 0 Å². The largest absolute Gasteiger partial charge is 0.390 e. The van der Waals surface area contributed by atoms with Crippen LogP contribution in [0.4, 0.5) is 11.4 Å². The van der Waals surface area contributed by atoms with Gasteiger partial charge in [-0.05, 0) is 29.3 Å². The Hall–Kier alpha value is -2.17. The Kier molecular flexibility index (Phi) is 3.21. The second-order valence-corrected chi connectivity index (χ2v) is 5.84. The molecule has 112 valence electrons. The summed E-state index contributed by atoms with van der Waals surface area (Å²) in [6.45, 7) is 0.941. The Labute approximate surface area is 128 Å². The summed E-state index contributed by atoms with van der Waals surface area (Å²) in [7, 11) is 0. The smallest absolute Gasteiger partial charge is 0.236 e. The third-order valence-electron chi connectivity index (χ3n) is 4.45. The van der Waals surface area contributed by atoms with Gasteiger partial charge in [0.15, 0.2) is 0 Å². The van der Waals surface area contributed by atoms with E-state index >= 15 is 0 Å². The number of fused-ring (bicyclic) bond motifs is 1. The number of nitrogens with zero attached hydrogens (tertiary/aromatic N) is 1. The fourth-order valence-electron chi connectivity index (χ4n) is 3.27. The number of aliphatic hydroxyl groups is 1. The second-order valence-electron chi connectivity index (χ2n) is 5.84. The highest BCUT2D eigenvalue weighted by Crippen LogP contribution is 2.36. The molecule has 1 amide bonds. The summed E-state index contributed by atoms with van der Waals surface area (Å²) in [6, 6.07) is 15.7. The molecule has 2 aromatic rings. The first-order valence-corrected chi connectivity index (χ1v) is 7.50. The molecule has 0 aliphatic carbocycles. The second kappa shape index (κ2) is 5.23. The van der Waals surface area contributed by atoms with Gasteiger partial charge in [0.05, 0.1) is 31.4 Å². The number of ether oxygens (including phenoxy) is 1. The summed E-state index contributed by atoms with van der Waals surface area (Å²) in [5.41, 5.74) is 3.95. The zero-order valence-electron chi connectivity index (χ0n) is 12.1. The molecule has 0 spiro atoms. The Bertz CT molecular complexity index is 711. The molecule has 0 unspecified atom stereocenters. The Morgan fingerprint density at radius 3 is 2.55 bits per heavy atom. The maximum Gasteiger partial charge on any atom is 0.236 e. The molecule has 0 radical (unpaired) electrons. The van der Waals surface area contributed by atoms with Crippen molar-refractivity contribution in [2.24, 2.45) is 0 Å². The van der Waals surface area contributed by atoms with E-state index in [2.05, 4.69) is 0 Å². The highest BCUT2D eigenvalue weighted by molar-refractivity contribution is 6.07.